The van der Waals surface area contributed by atoms with E-state index >= 15 is 0 Å². The Morgan fingerprint density at radius 2 is 2.14 bits per heavy atom. The molecule has 0 saturated carbocycles. The zero-order chi connectivity index (χ0) is 20.4. The quantitative estimate of drug-likeness (QED) is 0.137. The van der Waals surface area contributed by atoms with Crippen LogP contribution in [0.4, 0.5) is 5.69 Å². The van der Waals surface area contributed by atoms with Crippen LogP contribution in [0.3, 0.4) is 0 Å². The van der Waals surface area contributed by atoms with Crippen molar-refractivity contribution in [2.75, 3.05) is 13.2 Å². The van der Waals surface area contributed by atoms with Crippen molar-refractivity contribution in [3.8, 4) is 0 Å². The smallest absolute Gasteiger partial charge is 0.305 e. The van der Waals surface area contributed by atoms with Gasteiger partial charge < -0.3 is 16.6 Å². The zero-order valence-electron chi connectivity index (χ0n) is 14.9. The summed E-state index contributed by atoms with van der Waals surface area (Å²) in [5.41, 5.74) is 17.8. The van der Waals surface area contributed by atoms with Gasteiger partial charge in [0, 0.05) is 21.3 Å². The molecule has 2 aromatic rings. The van der Waals surface area contributed by atoms with E-state index in [0.29, 0.717) is 18.8 Å². The predicted octanol–water partition coefficient (Wildman–Crippen LogP) is 2.17. The Morgan fingerprint density at radius 1 is 1.32 bits per heavy atom. The summed E-state index contributed by atoms with van der Waals surface area (Å²) in [7, 11) is 0. The van der Waals surface area contributed by atoms with Crippen LogP contribution in [0, 0.1) is 0 Å². The van der Waals surface area contributed by atoms with Gasteiger partial charge >= 0.3 is 5.97 Å². The standard InChI is InChI=1S/C17H22BrN5O4S/c18-12-7-15(28-10-12)14(8-16(24)25)23-26-5-4-21-27-9-11-2-1-3-13(6-11)22-17(19)20/h1-3,6-7,10,14,21,23H,4-5,8-9H2,(H,24,25)(H4,19,20,22). The maximum absolute atomic E-state index is 11.0. The average molecular weight is 472 g/mol. The van der Waals surface area contributed by atoms with E-state index in [2.05, 4.69) is 31.9 Å². The van der Waals surface area contributed by atoms with Gasteiger partial charge in [-0.25, -0.2) is 4.99 Å². The highest BCUT2D eigenvalue weighted by atomic mass is 79.9. The van der Waals surface area contributed by atoms with Gasteiger partial charge in [-0.2, -0.15) is 11.0 Å². The SMILES string of the molecule is NC(N)=Nc1cccc(CONCCONC(CC(=O)O)c2cc(Br)cs2)c1. The molecule has 7 N–H and O–H groups in total. The first-order chi connectivity index (χ1) is 13.4. The normalized spacial score (nSPS) is 11.9. The van der Waals surface area contributed by atoms with Crippen molar-refractivity contribution >= 4 is 44.9 Å². The first-order valence-corrected chi connectivity index (χ1v) is 9.97. The van der Waals surface area contributed by atoms with Crippen molar-refractivity contribution in [2.24, 2.45) is 16.5 Å². The number of aliphatic carboxylic acids is 1. The van der Waals surface area contributed by atoms with Crippen LogP contribution in [0.25, 0.3) is 0 Å². The highest BCUT2D eigenvalue weighted by Crippen LogP contribution is 2.27. The van der Waals surface area contributed by atoms with Crippen LogP contribution in [0.5, 0.6) is 0 Å². The highest BCUT2D eigenvalue weighted by Gasteiger charge is 2.17. The van der Waals surface area contributed by atoms with Crippen LogP contribution in [-0.2, 0) is 21.1 Å². The summed E-state index contributed by atoms with van der Waals surface area (Å²) in [5, 5.41) is 10.9. The second kappa shape index (κ2) is 11.7. The molecule has 0 aliphatic heterocycles. The van der Waals surface area contributed by atoms with E-state index in [4.69, 9.17) is 26.2 Å². The van der Waals surface area contributed by atoms with Crippen molar-refractivity contribution in [1.29, 1.82) is 0 Å². The third-order valence-corrected chi connectivity index (χ3v) is 5.16. The summed E-state index contributed by atoms with van der Waals surface area (Å²) < 4.78 is 0.906. The Labute approximate surface area is 174 Å². The second-order valence-corrected chi connectivity index (χ2v) is 7.53. The first-order valence-electron chi connectivity index (χ1n) is 8.30. The number of carboxylic acid groups (broad SMARTS) is 1. The van der Waals surface area contributed by atoms with E-state index in [-0.39, 0.29) is 19.0 Å². The van der Waals surface area contributed by atoms with Crippen LogP contribution < -0.4 is 22.4 Å². The van der Waals surface area contributed by atoms with Gasteiger partial charge in [-0.1, -0.05) is 12.1 Å². The number of thiophene rings is 1. The molecule has 2 rings (SSSR count). The molecule has 0 aliphatic carbocycles. The monoisotopic (exact) mass is 471 g/mol. The number of hydrogen-bond donors (Lipinski definition) is 5. The van der Waals surface area contributed by atoms with Gasteiger partial charge in [0.05, 0.1) is 31.4 Å². The lowest BCUT2D eigenvalue weighted by atomic mass is 10.2. The van der Waals surface area contributed by atoms with Crippen LogP contribution >= 0.6 is 27.3 Å². The number of aliphatic imine (C=N–C) groups is 1. The number of guanidine groups is 1. The summed E-state index contributed by atoms with van der Waals surface area (Å²) in [6, 6.07) is 8.77. The molecule has 1 unspecified atom stereocenters. The van der Waals surface area contributed by atoms with Crippen molar-refractivity contribution < 1.29 is 19.6 Å². The van der Waals surface area contributed by atoms with Crippen LogP contribution in [0.15, 0.2) is 45.2 Å². The molecule has 1 aromatic heterocycles. The topological polar surface area (TPSA) is 144 Å². The van der Waals surface area contributed by atoms with E-state index in [0.717, 1.165) is 14.9 Å². The van der Waals surface area contributed by atoms with Gasteiger partial charge in [-0.3, -0.25) is 14.5 Å². The lowest BCUT2D eigenvalue weighted by Crippen LogP contribution is -2.28. The summed E-state index contributed by atoms with van der Waals surface area (Å²) in [6.07, 6.45) is -0.0803. The molecule has 1 aromatic carbocycles. The van der Waals surface area contributed by atoms with Crippen molar-refractivity contribution in [1.82, 2.24) is 11.0 Å². The summed E-state index contributed by atoms with van der Waals surface area (Å²) >= 11 is 4.82. The molecule has 0 fully saturated rings. The number of nitrogens with two attached hydrogens (primary N) is 2. The van der Waals surface area contributed by atoms with E-state index in [1.807, 2.05) is 29.6 Å². The number of nitrogens with one attached hydrogen (secondary N) is 2. The lowest BCUT2D eigenvalue weighted by Gasteiger charge is -2.15. The molecular weight excluding hydrogens is 450 g/mol. The number of nitrogens with zero attached hydrogens (tertiary/aromatic N) is 1. The maximum Gasteiger partial charge on any atom is 0.305 e. The van der Waals surface area contributed by atoms with E-state index < -0.39 is 12.0 Å². The van der Waals surface area contributed by atoms with Gasteiger partial charge in [0.2, 0.25) is 0 Å². The van der Waals surface area contributed by atoms with Crippen molar-refractivity contribution in [3.63, 3.8) is 0 Å². The Bertz CT molecular complexity index is 797. The molecule has 11 heteroatoms. The number of hydroxylamine groups is 2. The molecule has 28 heavy (non-hydrogen) atoms. The van der Waals surface area contributed by atoms with E-state index in [9.17, 15) is 4.79 Å². The molecule has 0 bridgehead atoms. The summed E-state index contributed by atoms with van der Waals surface area (Å²) in [4.78, 5) is 26.6. The maximum atomic E-state index is 11.0. The van der Waals surface area contributed by atoms with Gasteiger partial charge in [0.1, 0.15) is 0 Å². The minimum Gasteiger partial charge on any atom is -0.481 e. The largest absolute Gasteiger partial charge is 0.481 e. The number of carbonyl (C=O) groups is 1. The van der Waals surface area contributed by atoms with Gasteiger partial charge in [-0.15, -0.1) is 11.3 Å². The molecular formula is C17H22BrN5O4S. The summed E-state index contributed by atoms with van der Waals surface area (Å²) in [6.45, 7) is 1.03. The number of benzene rings is 1. The molecule has 1 atom stereocenters. The van der Waals surface area contributed by atoms with Crippen LogP contribution in [-0.4, -0.2) is 30.2 Å². The fraction of sp³-hybridized carbons (Fsp3) is 0.294. The Morgan fingerprint density at radius 3 is 2.82 bits per heavy atom. The third kappa shape index (κ3) is 8.33. The Hall–Kier alpha value is -2.02. The van der Waals surface area contributed by atoms with Crippen LogP contribution in [0.1, 0.15) is 22.9 Å². The first kappa shape index (κ1) is 22.3. The van der Waals surface area contributed by atoms with Crippen LogP contribution in [0.2, 0.25) is 0 Å². The Balaban J connectivity index is 1.67. The van der Waals surface area contributed by atoms with E-state index in [1.54, 1.807) is 6.07 Å². The second-order valence-electron chi connectivity index (χ2n) is 5.67. The zero-order valence-corrected chi connectivity index (χ0v) is 17.3. The van der Waals surface area contributed by atoms with Crippen molar-refractivity contribution in [2.45, 2.75) is 19.1 Å². The number of halogens is 1. The minimum absolute atomic E-state index is 0.00282. The fourth-order valence-corrected chi connectivity index (χ4v) is 3.70. The molecule has 0 aliphatic rings. The van der Waals surface area contributed by atoms with Gasteiger partial charge in [-0.05, 0) is 39.7 Å². The molecule has 1 heterocycles. The number of carboxylic acids is 1. The fourth-order valence-electron chi connectivity index (χ4n) is 2.21. The van der Waals surface area contributed by atoms with Gasteiger partial charge in [0.25, 0.3) is 0 Å². The third-order valence-electron chi connectivity index (χ3n) is 3.35. The highest BCUT2D eigenvalue weighted by molar-refractivity contribution is 9.10. The minimum atomic E-state index is -0.907. The molecule has 9 nitrogen and oxygen atoms in total. The van der Waals surface area contributed by atoms with Gasteiger partial charge in [0.15, 0.2) is 5.96 Å². The molecule has 0 radical (unpaired) electrons. The molecule has 0 saturated heterocycles. The predicted molar refractivity (Wildman–Crippen MR) is 111 cm³/mol. The molecule has 152 valence electrons. The summed E-state index contributed by atoms with van der Waals surface area (Å²) in [5.74, 6) is -0.910. The number of rotatable bonds is 12. The van der Waals surface area contributed by atoms with Crippen molar-refractivity contribution in [3.05, 3.63) is 50.6 Å². The Kier molecular flexibility index (Phi) is 9.34. The molecule has 0 spiro atoms. The average Bonchev–Trinajstić information content (AvgIpc) is 3.05. The van der Waals surface area contributed by atoms with E-state index in [1.165, 1.54) is 11.3 Å². The number of hydrogen-bond acceptors (Lipinski definition) is 7. The molecule has 0 amide bonds. The lowest BCUT2D eigenvalue weighted by molar-refractivity contribution is -0.138.